The number of rotatable bonds is 5. The Morgan fingerprint density at radius 1 is 1.30 bits per heavy atom. The largest absolute Gasteiger partial charge is 0.593 e. The summed E-state index contributed by atoms with van der Waals surface area (Å²) in [6.45, 7) is 2.09. The van der Waals surface area contributed by atoms with Gasteiger partial charge < -0.3 is 9.54 Å². The maximum Gasteiger partial charge on any atom is 0.173 e. The van der Waals surface area contributed by atoms with Crippen molar-refractivity contribution in [3.63, 3.8) is 0 Å². The lowest BCUT2D eigenvalue weighted by Gasteiger charge is -2.15. The number of benzene rings is 1. The second-order valence-electron chi connectivity index (χ2n) is 6.78. The van der Waals surface area contributed by atoms with Crippen molar-refractivity contribution in [1.82, 2.24) is 14.7 Å². The molecule has 27 heavy (non-hydrogen) atoms. The van der Waals surface area contributed by atoms with E-state index in [-0.39, 0.29) is 17.5 Å². The van der Waals surface area contributed by atoms with Gasteiger partial charge in [0.2, 0.25) is 0 Å². The number of hydrogen-bond acceptors (Lipinski definition) is 5. The van der Waals surface area contributed by atoms with Crippen LogP contribution in [-0.4, -0.2) is 40.5 Å². The normalized spacial score (nSPS) is 20.1. The van der Waals surface area contributed by atoms with Crippen LogP contribution in [0.3, 0.4) is 0 Å². The van der Waals surface area contributed by atoms with Crippen LogP contribution < -0.4 is 4.72 Å². The Labute approximate surface area is 161 Å². The molecule has 1 unspecified atom stereocenters. The van der Waals surface area contributed by atoms with E-state index in [2.05, 4.69) is 27.7 Å². The summed E-state index contributed by atoms with van der Waals surface area (Å²) in [4.78, 5) is 8.34. The molecule has 0 saturated carbocycles. The van der Waals surface area contributed by atoms with E-state index in [0.29, 0.717) is 11.3 Å². The van der Waals surface area contributed by atoms with Gasteiger partial charge in [0.05, 0.1) is 28.9 Å². The second-order valence-corrected chi connectivity index (χ2v) is 10.3. The molecule has 2 atom stereocenters. The quantitative estimate of drug-likeness (QED) is 0.638. The van der Waals surface area contributed by atoms with Crippen molar-refractivity contribution in [2.24, 2.45) is 0 Å². The Balaban J connectivity index is 1.55. The average molecular weight is 404 g/mol. The molecular weight excluding hydrogens is 382 g/mol. The van der Waals surface area contributed by atoms with E-state index >= 15 is 0 Å². The SMILES string of the molecule is CCc1cc2c(-c3ccc([S@@+]([O-])NC4CCS(=O)(=O)C4)cc3)ccnc2[nH]1. The van der Waals surface area contributed by atoms with Crippen molar-refractivity contribution in [2.45, 2.75) is 30.7 Å². The van der Waals surface area contributed by atoms with Gasteiger partial charge in [-0.1, -0.05) is 6.92 Å². The minimum Gasteiger partial charge on any atom is -0.593 e. The zero-order chi connectivity index (χ0) is 19.0. The van der Waals surface area contributed by atoms with E-state index in [0.717, 1.165) is 34.3 Å². The number of H-pyrrole nitrogens is 1. The molecule has 1 fully saturated rings. The third-order valence-electron chi connectivity index (χ3n) is 4.85. The molecule has 1 aliphatic heterocycles. The topological polar surface area (TPSA) is 97.9 Å². The summed E-state index contributed by atoms with van der Waals surface area (Å²) in [5, 5.41) is 1.07. The molecule has 4 rings (SSSR count). The monoisotopic (exact) mass is 403 g/mol. The van der Waals surface area contributed by atoms with Gasteiger partial charge in [0.15, 0.2) is 14.7 Å². The van der Waals surface area contributed by atoms with Gasteiger partial charge in [0, 0.05) is 17.3 Å². The lowest BCUT2D eigenvalue weighted by molar-refractivity contribution is 0.561. The van der Waals surface area contributed by atoms with E-state index in [1.807, 2.05) is 30.3 Å². The Hall–Kier alpha value is -1.87. The number of nitrogens with zero attached hydrogens (tertiary/aromatic N) is 1. The van der Waals surface area contributed by atoms with E-state index < -0.39 is 21.2 Å². The fourth-order valence-corrected chi connectivity index (χ4v) is 6.19. The molecule has 0 spiro atoms. The molecule has 1 saturated heterocycles. The first-order valence-corrected chi connectivity index (χ1v) is 11.9. The van der Waals surface area contributed by atoms with E-state index in [1.165, 1.54) is 0 Å². The summed E-state index contributed by atoms with van der Waals surface area (Å²) in [6, 6.07) is 11.4. The maximum absolute atomic E-state index is 12.5. The van der Waals surface area contributed by atoms with Crippen LogP contribution in [0.2, 0.25) is 0 Å². The summed E-state index contributed by atoms with van der Waals surface area (Å²) in [6.07, 6.45) is 3.20. The number of sulfone groups is 1. The highest BCUT2D eigenvalue weighted by atomic mass is 32.2. The van der Waals surface area contributed by atoms with Gasteiger partial charge in [-0.05, 0) is 60.4 Å². The van der Waals surface area contributed by atoms with E-state index in [1.54, 1.807) is 6.20 Å². The maximum atomic E-state index is 12.5. The predicted octanol–water partition coefficient (Wildman–Crippen LogP) is 2.59. The van der Waals surface area contributed by atoms with Gasteiger partial charge in [0.25, 0.3) is 0 Å². The molecule has 0 aliphatic carbocycles. The van der Waals surface area contributed by atoms with Crippen molar-refractivity contribution in [3.05, 3.63) is 48.3 Å². The van der Waals surface area contributed by atoms with Crippen LogP contribution in [-0.2, 0) is 27.6 Å². The lowest BCUT2D eigenvalue weighted by atomic mass is 10.0. The number of fused-ring (bicyclic) bond motifs is 1. The molecule has 0 radical (unpaired) electrons. The first-order chi connectivity index (χ1) is 12.9. The number of pyridine rings is 1. The third kappa shape index (κ3) is 3.89. The summed E-state index contributed by atoms with van der Waals surface area (Å²) < 4.78 is 38.5. The van der Waals surface area contributed by atoms with Crippen molar-refractivity contribution >= 4 is 32.2 Å². The highest BCUT2D eigenvalue weighted by molar-refractivity contribution is 7.92. The fourth-order valence-electron chi connectivity index (χ4n) is 3.39. The molecule has 0 bridgehead atoms. The molecule has 3 heterocycles. The summed E-state index contributed by atoms with van der Waals surface area (Å²) >= 11 is -1.43. The van der Waals surface area contributed by atoms with Crippen molar-refractivity contribution in [3.8, 4) is 11.1 Å². The zero-order valence-electron chi connectivity index (χ0n) is 14.9. The first kappa shape index (κ1) is 18.5. The highest BCUT2D eigenvalue weighted by Gasteiger charge is 2.31. The van der Waals surface area contributed by atoms with Crippen molar-refractivity contribution < 1.29 is 13.0 Å². The number of aromatic amines is 1. The van der Waals surface area contributed by atoms with Crippen LogP contribution in [0, 0.1) is 0 Å². The van der Waals surface area contributed by atoms with E-state index in [4.69, 9.17) is 0 Å². The summed E-state index contributed by atoms with van der Waals surface area (Å²) in [7, 11) is -2.99. The van der Waals surface area contributed by atoms with Crippen molar-refractivity contribution in [2.75, 3.05) is 11.5 Å². The molecule has 142 valence electrons. The minimum absolute atomic E-state index is 0.0546. The zero-order valence-corrected chi connectivity index (χ0v) is 16.6. The molecular formula is C19H21N3O3S2. The Bertz CT molecular complexity index is 1060. The standard InChI is InChI=1S/C19H21N3O3S2/c1-2-14-11-18-17(7-9-20-19(18)21-14)13-3-5-16(6-4-13)26(23)22-15-8-10-27(24,25)12-15/h3-7,9,11,15,22H,2,8,10,12H2,1H3,(H,20,21)/t15?,26-/m1/s1. The average Bonchev–Trinajstić information content (AvgIpc) is 3.24. The third-order valence-corrected chi connectivity index (χ3v) is 7.87. The first-order valence-electron chi connectivity index (χ1n) is 8.90. The van der Waals surface area contributed by atoms with Crippen molar-refractivity contribution in [1.29, 1.82) is 0 Å². The van der Waals surface area contributed by atoms with Gasteiger partial charge in [-0.3, -0.25) is 0 Å². The van der Waals surface area contributed by atoms with Gasteiger partial charge in [-0.2, -0.15) is 0 Å². The Kier molecular flexibility index (Phi) is 4.98. The van der Waals surface area contributed by atoms with Crippen LogP contribution >= 0.6 is 0 Å². The molecule has 3 aromatic rings. The molecule has 6 nitrogen and oxygen atoms in total. The van der Waals surface area contributed by atoms with Gasteiger partial charge in [-0.25, -0.2) is 13.4 Å². The molecule has 1 aliphatic rings. The molecule has 8 heteroatoms. The Morgan fingerprint density at radius 2 is 2.07 bits per heavy atom. The van der Waals surface area contributed by atoms with Crippen LogP contribution in [0.15, 0.2) is 47.5 Å². The number of nitrogens with one attached hydrogen (secondary N) is 2. The lowest BCUT2D eigenvalue weighted by Crippen LogP contribution is -2.35. The smallest absolute Gasteiger partial charge is 0.173 e. The van der Waals surface area contributed by atoms with Gasteiger partial charge >= 0.3 is 0 Å². The predicted molar refractivity (Wildman–Crippen MR) is 108 cm³/mol. The number of aryl methyl sites for hydroxylation is 1. The van der Waals surface area contributed by atoms with Crippen LogP contribution in [0.25, 0.3) is 22.2 Å². The van der Waals surface area contributed by atoms with E-state index in [9.17, 15) is 13.0 Å². The van der Waals surface area contributed by atoms with Crippen LogP contribution in [0.4, 0.5) is 0 Å². The molecule has 0 amide bonds. The molecule has 1 aromatic carbocycles. The summed E-state index contributed by atoms with van der Waals surface area (Å²) in [5.41, 5.74) is 4.09. The van der Waals surface area contributed by atoms with Crippen LogP contribution in [0.5, 0.6) is 0 Å². The second kappa shape index (κ2) is 7.27. The Morgan fingerprint density at radius 3 is 2.74 bits per heavy atom. The molecule has 2 aromatic heterocycles. The van der Waals surface area contributed by atoms with Crippen LogP contribution in [0.1, 0.15) is 19.0 Å². The summed E-state index contributed by atoms with van der Waals surface area (Å²) in [5.74, 6) is 0.217. The number of hydrogen-bond donors (Lipinski definition) is 2. The van der Waals surface area contributed by atoms with Gasteiger partial charge in [-0.15, -0.1) is 4.72 Å². The number of aromatic nitrogens is 2. The highest BCUT2D eigenvalue weighted by Crippen LogP contribution is 2.29. The fraction of sp³-hybridized carbons (Fsp3) is 0.316. The molecule has 2 N–H and O–H groups in total. The minimum atomic E-state index is -2.99. The van der Waals surface area contributed by atoms with Gasteiger partial charge in [0.1, 0.15) is 5.65 Å².